The van der Waals surface area contributed by atoms with Crippen molar-refractivity contribution in [1.82, 2.24) is 10.2 Å². The molecular weight excluding hydrogens is 550 g/mol. The summed E-state index contributed by atoms with van der Waals surface area (Å²) in [4.78, 5) is 28.3. The van der Waals surface area contributed by atoms with E-state index in [2.05, 4.69) is 5.32 Å². The summed E-state index contributed by atoms with van der Waals surface area (Å²) in [6.07, 6.45) is 0.741. The molecule has 8 nitrogen and oxygen atoms in total. The van der Waals surface area contributed by atoms with Crippen molar-refractivity contribution in [2.24, 2.45) is 0 Å². The van der Waals surface area contributed by atoms with Crippen molar-refractivity contribution in [1.29, 1.82) is 0 Å². The zero-order valence-corrected chi connectivity index (χ0v) is 25.1. The Bertz CT molecular complexity index is 1440. The zero-order chi connectivity index (χ0) is 29.4. The lowest BCUT2D eigenvalue weighted by atomic mass is 10.1. The third-order valence-electron chi connectivity index (χ3n) is 6.46. The number of anilines is 1. The number of carbonyl (C=O) groups excluding carboxylic acids is 2. The van der Waals surface area contributed by atoms with E-state index in [0.29, 0.717) is 12.3 Å². The van der Waals surface area contributed by atoms with Crippen molar-refractivity contribution >= 4 is 39.1 Å². The highest BCUT2D eigenvalue weighted by molar-refractivity contribution is 7.92. The van der Waals surface area contributed by atoms with Crippen LogP contribution in [0.5, 0.6) is 5.75 Å². The van der Waals surface area contributed by atoms with E-state index in [1.54, 1.807) is 25.1 Å². The van der Waals surface area contributed by atoms with E-state index in [4.69, 9.17) is 16.3 Å². The van der Waals surface area contributed by atoms with Crippen molar-refractivity contribution in [2.75, 3.05) is 24.5 Å². The second-order valence-corrected chi connectivity index (χ2v) is 11.9. The molecule has 3 aromatic carbocycles. The van der Waals surface area contributed by atoms with Crippen LogP contribution < -0.4 is 14.4 Å². The van der Waals surface area contributed by atoms with Crippen molar-refractivity contribution < 1.29 is 22.7 Å². The highest BCUT2D eigenvalue weighted by Crippen LogP contribution is 2.32. The molecule has 0 radical (unpaired) electrons. The van der Waals surface area contributed by atoms with Crippen molar-refractivity contribution in [3.63, 3.8) is 0 Å². The number of nitrogens with one attached hydrogen (secondary N) is 1. The Kier molecular flexibility index (Phi) is 10.6. The summed E-state index contributed by atoms with van der Waals surface area (Å²) in [5.74, 6) is -0.488. The quantitative estimate of drug-likeness (QED) is 0.319. The van der Waals surface area contributed by atoms with E-state index < -0.39 is 28.5 Å². The molecular formula is C30H36ClN3O5S. The molecule has 0 aromatic heterocycles. The number of halogens is 1. The molecule has 0 aliphatic carbocycles. The molecule has 0 bridgehead atoms. The summed E-state index contributed by atoms with van der Waals surface area (Å²) in [6, 6.07) is 17.7. The number of rotatable bonds is 12. The van der Waals surface area contributed by atoms with Gasteiger partial charge in [0.15, 0.2) is 0 Å². The van der Waals surface area contributed by atoms with Gasteiger partial charge in [0.25, 0.3) is 10.0 Å². The standard InChI is InChI=1S/C30H36ClN3O5S/c1-6-16-32-30(36)23(4)33(19-24-9-7-8-22(3)17-24)29(35)20-34(25-12-15-28(39-5)27(31)18-25)40(37,38)26-13-10-21(2)11-14-26/h7-15,17-18,23H,6,16,19-20H2,1-5H3,(H,32,36)/t23-/m0/s1. The van der Waals surface area contributed by atoms with E-state index in [0.717, 1.165) is 27.4 Å². The number of aryl methyl sites for hydroxylation is 2. The molecule has 0 spiro atoms. The SMILES string of the molecule is CCCNC(=O)[C@H](C)N(Cc1cccc(C)c1)C(=O)CN(c1ccc(OC)c(Cl)c1)S(=O)(=O)c1ccc(C)cc1. The van der Waals surface area contributed by atoms with Crippen LogP contribution >= 0.6 is 11.6 Å². The molecule has 214 valence electrons. The molecule has 3 aromatic rings. The first kappa shape index (κ1) is 31.0. The van der Waals surface area contributed by atoms with E-state index in [9.17, 15) is 18.0 Å². The van der Waals surface area contributed by atoms with E-state index in [1.807, 2.05) is 45.0 Å². The third kappa shape index (κ3) is 7.55. The average Bonchev–Trinajstić information content (AvgIpc) is 2.93. The maximum Gasteiger partial charge on any atom is 0.264 e. The fourth-order valence-electron chi connectivity index (χ4n) is 4.16. The molecule has 0 aliphatic heterocycles. The van der Waals surface area contributed by atoms with Crippen LogP contribution in [0.2, 0.25) is 5.02 Å². The summed E-state index contributed by atoms with van der Waals surface area (Å²) >= 11 is 6.36. The summed E-state index contributed by atoms with van der Waals surface area (Å²) < 4.78 is 34.1. The fourth-order valence-corrected chi connectivity index (χ4v) is 5.82. The van der Waals surface area contributed by atoms with E-state index in [-0.39, 0.29) is 28.1 Å². The van der Waals surface area contributed by atoms with Gasteiger partial charge in [-0.15, -0.1) is 0 Å². The first-order valence-corrected chi connectivity index (χ1v) is 14.9. The molecule has 0 aliphatic rings. The van der Waals surface area contributed by atoms with Crippen LogP contribution in [-0.4, -0.2) is 51.4 Å². The first-order chi connectivity index (χ1) is 19.0. The topological polar surface area (TPSA) is 96.0 Å². The predicted molar refractivity (Wildman–Crippen MR) is 158 cm³/mol. The summed E-state index contributed by atoms with van der Waals surface area (Å²) in [5.41, 5.74) is 2.91. The summed E-state index contributed by atoms with van der Waals surface area (Å²) in [5, 5.41) is 3.03. The Morgan fingerprint density at radius 1 is 1.00 bits per heavy atom. The summed E-state index contributed by atoms with van der Waals surface area (Å²) in [6.45, 7) is 7.43. The van der Waals surface area contributed by atoms with Gasteiger partial charge in [-0.05, 0) is 63.1 Å². The lowest BCUT2D eigenvalue weighted by molar-refractivity contribution is -0.139. The molecule has 0 saturated carbocycles. The Labute approximate surface area is 241 Å². The molecule has 0 fully saturated rings. The molecule has 0 unspecified atom stereocenters. The minimum absolute atomic E-state index is 0.0248. The van der Waals surface area contributed by atoms with Crippen molar-refractivity contribution in [2.45, 2.75) is 51.6 Å². The van der Waals surface area contributed by atoms with Crippen LogP contribution in [0, 0.1) is 13.8 Å². The van der Waals surface area contributed by atoms with Gasteiger partial charge in [0.2, 0.25) is 11.8 Å². The molecule has 10 heteroatoms. The van der Waals surface area contributed by atoms with Gasteiger partial charge in [0.05, 0.1) is 22.7 Å². The van der Waals surface area contributed by atoms with Crippen molar-refractivity contribution in [3.05, 3.63) is 88.4 Å². The maximum absolute atomic E-state index is 14.0. The molecule has 40 heavy (non-hydrogen) atoms. The van der Waals surface area contributed by atoms with Crippen LogP contribution in [0.1, 0.15) is 37.0 Å². The Balaban J connectivity index is 2.06. The van der Waals surface area contributed by atoms with Crippen molar-refractivity contribution in [3.8, 4) is 5.75 Å². The number of methoxy groups -OCH3 is 1. The fraction of sp³-hybridized carbons (Fsp3) is 0.333. The summed E-state index contributed by atoms with van der Waals surface area (Å²) in [7, 11) is -2.73. The normalized spacial score (nSPS) is 11.9. The van der Waals surface area contributed by atoms with E-state index >= 15 is 0 Å². The maximum atomic E-state index is 14.0. The number of hydrogen-bond donors (Lipinski definition) is 1. The second-order valence-electron chi connectivity index (χ2n) is 9.62. The minimum Gasteiger partial charge on any atom is -0.495 e. The smallest absolute Gasteiger partial charge is 0.264 e. The highest BCUT2D eigenvalue weighted by atomic mass is 35.5. The molecule has 0 saturated heterocycles. The van der Waals surface area contributed by atoms with Gasteiger partial charge in [0.1, 0.15) is 18.3 Å². The van der Waals surface area contributed by atoms with Gasteiger partial charge in [-0.3, -0.25) is 13.9 Å². The minimum atomic E-state index is -4.19. The Hall–Kier alpha value is -3.56. The van der Waals surface area contributed by atoms with Crippen LogP contribution in [0.3, 0.4) is 0 Å². The number of sulfonamides is 1. The highest BCUT2D eigenvalue weighted by Gasteiger charge is 2.32. The van der Waals surface area contributed by atoms with Crippen LogP contribution in [-0.2, 0) is 26.2 Å². The predicted octanol–water partition coefficient (Wildman–Crippen LogP) is 5.10. The van der Waals surface area contributed by atoms with E-state index in [1.165, 1.54) is 36.3 Å². The molecule has 3 rings (SSSR count). The van der Waals surface area contributed by atoms with Gasteiger partial charge in [0, 0.05) is 13.1 Å². The number of hydrogen-bond acceptors (Lipinski definition) is 5. The van der Waals surface area contributed by atoms with Crippen LogP contribution in [0.4, 0.5) is 5.69 Å². The largest absolute Gasteiger partial charge is 0.495 e. The van der Waals surface area contributed by atoms with Gasteiger partial charge in [-0.2, -0.15) is 0 Å². The zero-order valence-electron chi connectivity index (χ0n) is 23.5. The number of nitrogens with zero attached hydrogens (tertiary/aromatic N) is 2. The lowest BCUT2D eigenvalue weighted by Crippen LogP contribution is -2.51. The Morgan fingerprint density at radius 2 is 1.70 bits per heavy atom. The van der Waals surface area contributed by atoms with Crippen LogP contribution in [0.15, 0.2) is 71.6 Å². The van der Waals surface area contributed by atoms with Gasteiger partial charge in [-0.1, -0.05) is 66.0 Å². The average molecular weight is 586 g/mol. The number of benzene rings is 3. The van der Waals surface area contributed by atoms with Gasteiger partial charge >= 0.3 is 0 Å². The van der Waals surface area contributed by atoms with Gasteiger partial charge < -0.3 is 15.0 Å². The first-order valence-electron chi connectivity index (χ1n) is 13.0. The third-order valence-corrected chi connectivity index (χ3v) is 8.55. The van der Waals surface area contributed by atoms with Gasteiger partial charge in [-0.25, -0.2) is 8.42 Å². The molecule has 1 N–H and O–H groups in total. The van der Waals surface area contributed by atoms with Crippen LogP contribution in [0.25, 0.3) is 0 Å². The molecule has 2 amide bonds. The number of amides is 2. The molecule has 1 atom stereocenters. The lowest BCUT2D eigenvalue weighted by Gasteiger charge is -2.32. The Morgan fingerprint density at radius 3 is 2.30 bits per heavy atom. The second kappa shape index (κ2) is 13.7. The number of ether oxygens (including phenoxy) is 1. The monoisotopic (exact) mass is 585 g/mol. The molecule has 0 heterocycles. The number of carbonyl (C=O) groups is 2.